The minimum Gasteiger partial charge on any atom is -0.363 e. The molecule has 0 bridgehead atoms. The van der Waals surface area contributed by atoms with E-state index in [0.717, 1.165) is 47.8 Å². The van der Waals surface area contributed by atoms with Crippen LogP contribution in [0, 0.1) is 13.8 Å². The lowest BCUT2D eigenvalue weighted by Gasteiger charge is -2.10. The quantitative estimate of drug-likeness (QED) is 0.588. The lowest BCUT2D eigenvalue weighted by Crippen LogP contribution is -2.36. The number of rotatable bonds is 7. The van der Waals surface area contributed by atoms with E-state index in [9.17, 15) is 0 Å². The molecule has 1 heterocycles. The summed E-state index contributed by atoms with van der Waals surface area (Å²) in [5, 5.41) is 11.7. The second-order valence-electron chi connectivity index (χ2n) is 4.60. The molecule has 108 valence electrons. The summed E-state index contributed by atoms with van der Waals surface area (Å²) in [5.74, 6) is 0. The Morgan fingerprint density at radius 1 is 1.26 bits per heavy atom. The van der Waals surface area contributed by atoms with Crippen LogP contribution in [0.2, 0.25) is 0 Å². The molecule has 0 saturated heterocycles. The van der Waals surface area contributed by atoms with Crippen LogP contribution in [0.1, 0.15) is 37.6 Å². The molecular weight excluding hydrogens is 324 g/mol. The van der Waals surface area contributed by atoms with E-state index in [1.165, 1.54) is 12.1 Å². The smallest absolute Gasteiger partial charge is 0.166 e. The predicted octanol–water partition coefficient (Wildman–Crippen LogP) is 2.92. The van der Waals surface area contributed by atoms with Gasteiger partial charge in [0.15, 0.2) is 5.11 Å². The maximum Gasteiger partial charge on any atom is 0.166 e. The molecule has 6 heteroatoms. The van der Waals surface area contributed by atoms with Crippen molar-refractivity contribution in [1.82, 2.24) is 20.4 Å². The number of hydrogen-bond donors (Lipinski definition) is 2. The fraction of sp³-hybridized carbons (Fsp3) is 0.692. The molecule has 0 atom stereocenters. The third kappa shape index (κ3) is 5.48. The van der Waals surface area contributed by atoms with Crippen molar-refractivity contribution in [3.8, 4) is 0 Å². The van der Waals surface area contributed by atoms with Crippen LogP contribution < -0.4 is 10.6 Å². The average molecular weight is 347 g/mol. The summed E-state index contributed by atoms with van der Waals surface area (Å²) < 4.78 is 3.14. The fourth-order valence-electron chi connectivity index (χ4n) is 1.76. The zero-order chi connectivity index (χ0) is 14.3. The Hall–Kier alpha value is -0.620. The van der Waals surface area contributed by atoms with Gasteiger partial charge < -0.3 is 10.6 Å². The highest BCUT2D eigenvalue weighted by Gasteiger charge is 2.07. The third-order valence-corrected chi connectivity index (χ3v) is 4.38. The van der Waals surface area contributed by atoms with E-state index < -0.39 is 0 Å². The molecule has 4 nitrogen and oxygen atoms in total. The first-order valence-electron chi connectivity index (χ1n) is 6.77. The van der Waals surface area contributed by atoms with Crippen LogP contribution >= 0.6 is 28.1 Å². The van der Waals surface area contributed by atoms with Gasteiger partial charge in [-0.2, -0.15) is 5.10 Å². The summed E-state index contributed by atoms with van der Waals surface area (Å²) >= 11 is 8.73. The van der Waals surface area contributed by atoms with Gasteiger partial charge >= 0.3 is 0 Å². The molecule has 0 radical (unpaired) electrons. The second kappa shape index (κ2) is 8.53. The van der Waals surface area contributed by atoms with Gasteiger partial charge in [0.25, 0.3) is 0 Å². The number of aryl methyl sites for hydroxylation is 2. The van der Waals surface area contributed by atoms with Gasteiger partial charge in [-0.15, -0.1) is 0 Å². The summed E-state index contributed by atoms with van der Waals surface area (Å²) in [6.45, 7) is 8.99. The third-order valence-electron chi connectivity index (χ3n) is 2.94. The van der Waals surface area contributed by atoms with Crippen LogP contribution in [-0.2, 0) is 6.54 Å². The normalized spacial score (nSPS) is 10.5. The summed E-state index contributed by atoms with van der Waals surface area (Å²) in [5.41, 5.74) is 2.23. The van der Waals surface area contributed by atoms with Crippen molar-refractivity contribution in [2.75, 3.05) is 13.1 Å². The van der Waals surface area contributed by atoms with Gasteiger partial charge in [0.2, 0.25) is 0 Å². The molecule has 0 saturated carbocycles. The molecule has 0 aliphatic rings. The van der Waals surface area contributed by atoms with E-state index in [4.69, 9.17) is 12.2 Å². The zero-order valence-corrected chi connectivity index (χ0v) is 14.3. The van der Waals surface area contributed by atoms with Gasteiger partial charge in [0.05, 0.1) is 10.2 Å². The minimum absolute atomic E-state index is 0.753. The van der Waals surface area contributed by atoms with Crippen molar-refractivity contribution >= 4 is 33.3 Å². The van der Waals surface area contributed by atoms with Crippen LogP contribution in [-0.4, -0.2) is 28.0 Å². The van der Waals surface area contributed by atoms with Gasteiger partial charge in [0.1, 0.15) is 0 Å². The summed E-state index contributed by atoms with van der Waals surface area (Å²) in [6, 6.07) is 0. The van der Waals surface area contributed by atoms with Gasteiger partial charge in [-0.05, 0) is 54.8 Å². The number of nitrogens with one attached hydrogen (secondary N) is 2. The standard InChI is InChI=1S/C13H23BrN4S/c1-4-5-7-15-13(19)16-8-6-9-18-11(3)12(14)10(2)17-18/h4-9H2,1-3H3,(H2,15,16,19). The molecule has 1 rings (SSSR count). The van der Waals surface area contributed by atoms with Crippen LogP contribution in [0.4, 0.5) is 0 Å². The van der Waals surface area contributed by atoms with E-state index in [1.54, 1.807) is 0 Å². The zero-order valence-electron chi connectivity index (χ0n) is 11.9. The summed E-state index contributed by atoms with van der Waals surface area (Å²) in [4.78, 5) is 0. The van der Waals surface area contributed by atoms with Gasteiger partial charge in [-0.25, -0.2) is 0 Å². The first-order chi connectivity index (χ1) is 9.06. The predicted molar refractivity (Wildman–Crippen MR) is 87.5 cm³/mol. The van der Waals surface area contributed by atoms with E-state index in [0.29, 0.717) is 0 Å². The van der Waals surface area contributed by atoms with Crippen molar-refractivity contribution < 1.29 is 0 Å². The molecule has 0 unspecified atom stereocenters. The van der Waals surface area contributed by atoms with Crippen molar-refractivity contribution in [2.45, 2.75) is 46.6 Å². The van der Waals surface area contributed by atoms with Crippen LogP contribution in [0.25, 0.3) is 0 Å². The fourth-order valence-corrected chi connectivity index (χ4v) is 2.25. The summed E-state index contributed by atoms with van der Waals surface area (Å²) in [7, 11) is 0. The molecule has 0 aliphatic heterocycles. The average Bonchev–Trinajstić information content (AvgIpc) is 2.63. The lowest BCUT2D eigenvalue weighted by molar-refractivity contribution is 0.556. The Morgan fingerprint density at radius 3 is 2.42 bits per heavy atom. The van der Waals surface area contributed by atoms with Crippen molar-refractivity contribution in [3.63, 3.8) is 0 Å². The Bertz CT molecular complexity index is 417. The number of aromatic nitrogens is 2. The molecule has 1 aromatic heterocycles. The monoisotopic (exact) mass is 346 g/mol. The van der Waals surface area contributed by atoms with Crippen LogP contribution in [0.15, 0.2) is 4.47 Å². The van der Waals surface area contributed by atoms with Crippen molar-refractivity contribution in [1.29, 1.82) is 0 Å². The largest absolute Gasteiger partial charge is 0.363 e. The van der Waals surface area contributed by atoms with Gasteiger partial charge in [0, 0.05) is 25.3 Å². The Labute approximate surface area is 129 Å². The highest BCUT2D eigenvalue weighted by molar-refractivity contribution is 9.10. The van der Waals surface area contributed by atoms with E-state index in [1.807, 2.05) is 11.6 Å². The molecule has 0 fully saturated rings. The lowest BCUT2D eigenvalue weighted by atomic mass is 10.3. The van der Waals surface area contributed by atoms with Crippen LogP contribution in [0.5, 0.6) is 0 Å². The number of nitrogens with zero attached hydrogens (tertiary/aromatic N) is 2. The van der Waals surface area contributed by atoms with Crippen molar-refractivity contribution in [2.24, 2.45) is 0 Å². The highest BCUT2D eigenvalue weighted by Crippen LogP contribution is 2.19. The minimum atomic E-state index is 0.753. The maximum absolute atomic E-state index is 5.20. The van der Waals surface area contributed by atoms with E-state index >= 15 is 0 Å². The molecule has 1 aromatic rings. The number of unbranched alkanes of at least 4 members (excludes halogenated alkanes) is 1. The first kappa shape index (κ1) is 16.4. The van der Waals surface area contributed by atoms with Gasteiger partial charge in [-0.1, -0.05) is 13.3 Å². The Morgan fingerprint density at radius 2 is 1.89 bits per heavy atom. The van der Waals surface area contributed by atoms with E-state index in [-0.39, 0.29) is 0 Å². The van der Waals surface area contributed by atoms with Crippen LogP contribution in [0.3, 0.4) is 0 Å². The molecular formula is C13H23BrN4S. The molecule has 0 amide bonds. The molecule has 0 aromatic carbocycles. The van der Waals surface area contributed by atoms with E-state index in [2.05, 4.69) is 45.5 Å². The van der Waals surface area contributed by atoms with Crippen molar-refractivity contribution in [3.05, 3.63) is 15.9 Å². The maximum atomic E-state index is 5.20. The topological polar surface area (TPSA) is 41.9 Å². The highest BCUT2D eigenvalue weighted by atomic mass is 79.9. The Kier molecular flexibility index (Phi) is 7.38. The molecule has 0 spiro atoms. The molecule has 2 N–H and O–H groups in total. The first-order valence-corrected chi connectivity index (χ1v) is 7.97. The second-order valence-corrected chi connectivity index (χ2v) is 5.80. The Balaban J connectivity index is 2.20. The van der Waals surface area contributed by atoms with Gasteiger partial charge in [-0.3, -0.25) is 4.68 Å². The summed E-state index contributed by atoms with van der Waals surface area (Å²) in [6.07, 6.45) is 3.34. The number of halogens is 1. The SMILES string of the molecule is CCCCNC(=S)NCCCn1nc(C)c(Br)c1C. The number of thiocarbonyl (C=S) groups is 1. The number of hydrogen-bond acceptors (Lipinski definition) is 2. The molecule has 0 aliphatic carbocycles. The molecule has 19 heavy (non-hydrogen) atoms.